The van der Waals surface area contributed by atoms with Crippen LogP contribution in [0.4, 0.5) is 17.1 Å². The summed E-state index contributed by atoms with van der Waals surface area (Å²) in [6.45, 7) is 14.3. The van der Waals surface area contributed by atoms with Crippen LogP contribution in [0.3, 0.4) is 0 Å². The number of benzene rings is 6. The number of fused-ring (bicyclic) bond motifs is 9. The highest BCUT2D eigenvalue weighted by Gasteiger charge is 2.41. The minimum Gasteiger partial charge on any atom is -0.309 e. The van der Waals surface area contributed by atoms with Crippen molar-refractivity contribution < 1.29 is 0 Å². The van der Waals surface area contributed by atoms with Gasteiger partial charge in [0, 0.05) is 33.1 Å². The molecule has 1 heteroatoms. The van der Waals surface area contributed by atoms with Crippen LogP contribution in [0.5, 0.6) is 0 Å². The molecule has 9 rings (SSSR count). The van der Waals surface area contributed by atoms with Crippen molar-refractivity contribution >= 4 is 17.1 Å². The molecular formula is C45H39N. The predicted molar refractivity (Wildman–Crippen MR) is 194 cm³/mol. The summed E-state index contributed by atoms with van der Waals surface area (Å²) in [6, 6.07) is 48.1. The molecule has 3 aliphatic rings. The summed E-state index contributed by atoms with van der Waals surface area (Å²) in [7, 11) is 0. The topological polar surface area (TPSA) is 3.24 Å². The Balaban J connectivity index is 1.37. The van der Waals surface area contributed by atoms with Crippen molar-refractivity contribution in [3.8, 4) is 33.4 Å². The zero-order valence-corrected chi connectivity index (χ0v) is 27.6. The van der Waals surface area contributed by atoms with Crippen molar-refractivity contribution in [2.24, 2.45) is 0 Å². The normalized spacial score (nSPS) is 16.6. The van der Waals surface area contributed by atoms with Gasteiger partial charge in [-0.1, -0.05) is 145 Å². The van der Waals surface area contributed by atoms with Gasteiger partial charge in [0.15, 0.2) is 0 Å². The summed E-state index contributed by atoms with van der Waals surface area (Å²) in [6.07, 6.45) is 0. The summed E-state index contributed by atoms with van der Waals surface area (Å²) in [4.78, 5) is 2.58. The molecule has 6 aromatic carbocycles. The lowest BCUT2D eigenvalue weighted by atomic mass is 9.82. The van der Waals surface area contributed by atoms with Gasteiger partial charge in [-0.15, -0.1) is 0 Å². The monoisotopic (exact) mass is 593 g/mol. The fourth-order valence-electron chi connectivity index (χ4n) is 9.08. The van der Waals surface area contributed by atoms with Crippen molar-refractivity contribution in [3.63, 3.8) is 0 Å². The van der Waals surface area contributed by atoms with Gasteiger partial charge in [-0.25, -0.2) is 0 Å². The minimum absolute atomic E-state index is 0.0809. The molecule has 0 aromatic heterocycles. The van der Waals surface area contributed by atoms with Crippen LogP contribution in [-0.2, 0) is 16.2 Å². The standard InChI is InChI=1S/C45H39N/c1-43(2)34-19-11-8-16-31(34)41-36(43)21-13-23-39(41)46(28-25-26-30-29-15-7-10-18-33(29)45(5,6)38(30)27-28)40-24-14-22-37-42(40)32-17-9-12-20-35(32)44(37,3)4/h7-27H,1-6H3. The third-order valence-corrected chi connectivity index (χ3v) is 11.5. The summed E-state index contributed by atoms with van der Waals surface area (Å²) in [5.41, 5.74) is 19.8. The third kappa shape index (κ3) is 3.41. The average molecular weight is 594 g/mol. The van der Waals surface area contributed by atoms with Crippen LogP contribution in [0.15, 0.2) is 127 Å². The number of rotatable bonds is 3. The Bertz CT molecular complexity index is 2140. The lowest BCUT2D eigenvalue weighted by molar-refractivity contribution is 0.660. The SMILES string of the molecule is CC1(C)c2ccccc2-c2ccc(N(c3cccc4c3-c3ccccc3C4(C)C)c3cccc4c3-c3ccccc3C4(C)C)cc21. The average Bonchev–Trinajstić information content (AvgIpc) is 3.56. The highest BCUT2D eigenvalue weighted by Crippen LogP contribution is 2.59. The Labute approximate surface area is 273 Å². The van der Waals surface area contributed by atoms with E-state index < -0.39 is 0 Å². The Morgan fingerprint density at radius 1 is 0.348 bits per heavy atom. The quantitative estimate of drug-likeness (QED) is 0.197. The van der Waals surface area contributed by atoms with Crippen LogP contribution in [0.1, 0.15) is 74.9 Å². The zero-order chi connectivity index (χ0) is 31.6. The second kappa shape index (κ2) is 9.10. The molecule has 3 aliphatic carbocycles. The van der Waals surface area contributed by atoms with Gasteiger partial charge >= 0.3 is 0 Å². The van der Waals surface area contributed by atoms with Crippen LogP contribution >= 0.6 is 0 Å². The molecule has 0 spiro atoms. The molecule has 0 bridgehead atoms. The second-order valence-electron chi connectivity index (χ2n) is 15.0. The van der Waals surface area contributed by atoms with Gasteiger partial charge in [-0.05, 0) is 79.9 Å². The van der Waals surface area contributed by atoms with Crippen LogP contribution < -0.4 is 4.90 Å². The molecule has 46 heavy (non-hydrogen) atoms. The summed E-state index contributed by atoms with van der Waals surface area (Å²) < 4.78 is 0. The van der Waals surface area contributed by atoms with E-state index in [1.54, 1.807) is 0 Å². The molecule has 0 heterocycles. The largest absolute Gasteiger partial charge is 0.309 e. The van der Waals surface area contributed by atoms with E-state index in [1.807, 2.05) is 0 Å². The highest BCUT2D eigenvalue weighted by atomic mass is 15.1. The maximum Gasteiger partial charge on any atom is 0.0543 e. The van der Waals surface area contributed by atoms with E-state index in [9.17, 15) is 0 Å². The first kappa shape index (κ1) is 27.4. The van der Waals surface area contributed by atoms with Crippen LogP contribution in [0, 0.1) is 0 Å². The van der Waals surface area contributed by atoms with E-state index in [0.29, 0.717) is 0 Å². The molecule has 0 radical (unpaired) electrons. The molecule has 0 N–H and O–H groups in total. The van der Waals surface area contributed by atoms with Gasteiger partial charge in [0.05, 0.1) is 11.4 Å². The summed E-state index contributed by atoms with van der Waals surface area (Å²) in [5, 5.41) is 0. The maximum absolute atomic E-state index is 2.58. The molecule has 6 aromatic rings. The van der Waals surface area contributed by atoms with E-state index in [2.05, 4.69) is 174 Å². The van der Waals surface area contributed by atoms with Gasteiger partial charge in [0.25, 0.3) is 0 Å². The van der Waals surface area contributed by atoms with E-state index >= 15 is 0 Å². The number of nitrogens with zero attached hydrogens (tertiary/aromatic N) is 1. The fourth-order valence-corrected chi connectivity index (χ4v) is 9.08. The van der Waals surface area contributed by atoms with Gasteiger partial charge in [-0.3, -0.25) is 0 Å². The molecule has 0 atom stereocenters. The summed E-state index contributed by atoms with van der Waals surface area (Å²) in [5.74, 6) is 0. The Kier molecular flexibility index (Phi) is 5.43. The van der Waals surface area contributed by atoms with Crippen molar-refractivity contribution in [2.45, 2.75) is 57.8 Å². The first-order valence-electron chi connectivity index (χ1n) is 16.6. The van der Waals surface area contributed by atoms with Crippen molar-refractivity contribution in [3.05, 3.63) is 161 Å². The lowest BCUT2D eigenvalue weighted by Gasteiger charge is -2.32. The second-order valence-corrected chi connectivity index (χ2v) is 15.0. The summed E-state index contributed by atoms with van der Waals surface area (Å²) >= 11 is 0. The molecule has 0 aliphatic heterocycles. The van der Waals surface area contributed by atoms with Gasteiger partial charge in [0.2, 0.25) is 0 Å². The van der Waals surface area contributed by atoms with Crippen molar-refractivity contribution in [1.29, 1.82) is 0 Å². The Hall–Kier alpha value is -4.88. The third-order valence-electron chi connectivity index (χ3n) is 11.5. The lowest BCUT2D eigenvalue weighted by Crippen LogP contribution is -2.18. The van der Waals surface area contributed by atoms with E-state index in [4.69, 9.17) is 0 Å². The smallest absolute Gasteiger partial charge is 0.0543 e. The molecule has 224 valence electrons. The first-order chi connectivity index (χ1) is 22.1. The minimum atomic E-state index is -0.0892. The molecule has 1 nitrogen and oxygen atoms in total. The van der Waals surface area contributed by atoms with Crippen LogP contribution in [-0.4, -0.2) is 0 Å². The Morgan fingerprint density at radius 2 is 0.739 bits per heavy atom. The molecule has 0 saturated carbocycles. The van der Waals surface area contributed by atoms with E-state index in [-0.39, 0.29) is 16.2 Å². The Morgan fingerprint density at radius 3 is 1.26 bits per heavy atom. The molecular weight excluding hydrogens is 555 g/mol. The molecule has 0 saturated heterocycles. The highest BCUT2D eigenvalue weighted by molar-refractivity contribution is 6.00. The van der Waals surface area contributed by atoms with E-state index in [0.717, 1.165) is 0 Å². The van der Waals surface area contributed by atoms with Gasteiger partial charge < -0.3 is 4.90 Å². The van der Waals surface area contributed by atoms with Gasteiger partial charge in [0.1, 0.15) is 0 Å². The van der Waals surface area contributed by atoms with Gasteiger partial charge in [-0.2, -0.15) is 0 Å². The van der Waals surface area contributed by atoms with Crippen LogP contribution in [0.25, 0.3) is 33.4 Å². The number of hydrogen-bond acceptors (Lipinski definition) is 1. The van der Waals surface area contributed by atoms with Crippen LogP contribution in [0.2, 0.25) is 0 Å². The molecule has 0 unspecified atom stereocenters. The molecule has 0 amide bonds. The van der Waals surface area contributed by atoms with E-state index in [1.165, 1.54) is 83.8 Å². The predicted octanol–water partition coefficient (Wildman–Crippen LogP) is 12.1. The first-order valence-corrected chi connectivity index (χ1v) is 16.6. The van der Waals surface area contributed by atoms with Crippen molar-refractivity contribution in [2.75, 3.05) is 4.90 Å². The number of hydrogen-bond donors (Lipinski definition) is 0. The van der Waals surface area contributed by atoms with Crippen molar-refractivity contribution in [1.82, 2.24) is 0 Å². The zero-order valence-electron chi connectivity index (χ0n) is 27.6. The fraction of sp³-hybridized carbons (Fsp3) is 0.200. The molecule has 0 fully saturated rings. The number of anilines is 3. The maximum atomic E-state index is 2.58.